The Balaban J connectivity index is 2.10. The van der Waals surface area contributed by atoms with Crippen molar-refractivity contribution in [2.45, 2.75) is 24.1 Å². The number of anilines is 1. The van der Waals surface area contributed by atoms with Gasteiger partial charge in [0.05, 0.1) is 29.3 Å². The zero-order valence-electron chi connectivity index (χ0n) is 14.9. The summed E-state index contributed by atoms with van der Waals surface area (Å²) >= 11 is 5.95. The highest BCUT2D eigenvalue weighted by molar-refractivity contribution is 7.92. The van der Waals surface area contributed by atoms with Crippen LogP contribution in [-0.4, -0.2) is 33.6 Å². The molecule has 0 aromatic heterocycles. The maximum Gasteiger partial charge on any atom is 0.416 e. The van der Waals surface area contributed by atoms with Crippen molar-refractivity contribution in [3.05, 3.63) is 53.1 Å². The minimum Gasteiger partial charge on any atom is -0.475 e. The van der Waals surface area contributed by atoms with Crippen LogP contribution in [0.4, 0.5) is 18.9 Å². The Morgan fingerprint density at radius 3 is 2.66 bits per heavy atom. The Bertz CT molecular complexity index is 1040. The Hall–Kier alpha value is -2.46. The standard InChI is InChI=1S/C18H15ClF3NO5S/c1-2-27-17(24)16-10-23(14-9-12(19)6-7-15(14)28-16)29(25,26)13-5-3-4-11(8-13)18(20,21)22/h3-9,16H,2,10H2,1H3/t16-/m1/s1. The van der Waals surface area contributed by atoms with Crippen LogP contribution in [0.1, 0.15) is 12.5 Å². The number of alkyl halides is 3. The van der Waals surface area contributed by atoms with Crippen LogP contribution < -0.4 is 9.04 Å². The van der Waals surface area contributed by atoms with Crippen molar-refractivity contribution < 1.29 is 35.9 Å². The average Bonchev–Trinajstić information content (AvgIpc) is 2.66. The van der Waals surface area contributed by atoms with Crippen molar-refractivity contribution in [1.82, 2.24) is 0 Å². The first-order valence-electron chi connectivity index (χ1n) is 8.37. The number of sulfonamides is 1. The summed E-state index contributed by atoms with van der Waals surface area (Å²) in [6, 6.07) is 7.45. The topological polar surface area (TPSA) is 72.9 Å². The second-order valence-corrected chi connectivity index (χ2v) is 8.33. The van der Waals surface area contributed by atoms with E-state index in [-0.39, 0.29) is 23.1 Å². The first-order valence-corrected chi connectivity index (χ1v) is 10.2. The highest BCUT2D eigenvalue weighted by Crippen LogP contribution is 2.39. The lowest BCUT2D eigenvalue weighted by Crippen LogP contribution is -2.47. The summed E-state index contributed by atoms with van der Waals surface area (Å²) in [4.78, 5) is 11.5. The van der Waals surface area contributed by atoms with E-state index in [1.807, 2.05) is 0 Å². The Labute approximate surface area is 169 Å². The van der Waals surface area contributed by atoms with Crippen molar-refractivity contribution in [3.63, 3.8) is 0 Å². The van der Waals surface area contributed by atoms with E-state index in [4.69, 9.17) is 21.1 Å². The molecule has 2 aromatic rings. The summed E-state index contributed by atoms with van der Waals surface area (Å²) < 4.78 is 76.7. The van der Waals surface area contributed by atoms with Gasteiger partial charge in [-0.1, -0.05) is 17.7 Å². The number of halogens is 4. The average molecular weight is 450 g/mol. The number of nitrogens with zero attached hydrogens (tertiary/aromatic N) is 1. The van der Waals surface area contributed by atoms with Gasteiger partial charge in [0.2, 0.25) is 6.10 Å². The molecule has 1 heterocycles. The molecule has 156 valence electrons. The van der Waals surface area contributed by atoms with Gasteiger partial charge in [0.25, 0.3) is 10.0 Å². The smallest absolute Gasteiger partial charge is 0.416 e. The molecule has 3 rings (SSSR count). The number of carbonyl (C=O) groups excluding carboxylic acids is 1. The number of esters is 1. The third kappa shape index (κ3) is 4.27. The van der Waals surface area contributed by atoms with Crippen LogP contribution in [0.25, 0.3) is 0 Å². The number of carbonyl (C=O) groups is 1. The Kier molecular flexibility index (Phi) is 5.68. The summed E-state index contributed by atoms with van der Waals surface area (Å²) in [5.74, 6) is -0.758. The summed E-state index contributed by atoms with van der Waals surface area (Å²) in [6.07, 6.45) is -6.00. The molecule has 1 aliphatic heterocycles. The van der Waals surface area contributed by atoms with Gasteiger partial charge in [-0.05, 0) is 43.3 Å². The predicted molar refractivity (Wildman–Crippen MR) is 98.5 cm³/mol. The minimum atomic E-state index is -4.72. The molecule has 0 saturated carbocycles. The van der Waals surface area contributed by atoms with E-state index in [0.29, 0.717) is 6.07 Å². The molecule has 0 N–H and O–H groups in total. The number of hydrogen-bond donors (Lipinski definition) is 0. The zero-order chi connectivity index (χ0) is 21.4. The van der Waals surface area contributed by atoms with Gasteiger partial charge >= 0.3 is 12.1 Å². The van der Waals surface area contributed by atoms with Crippen LogP contribution in [0.3, 0.4) is 0 Å². The molecule has 0 bridgehead atoms. The van der Waals surface area contributed by atoms with E-state index in [9.17, 15) is 26.4 Å². The Morgan fingerprint density at radius 1 is 1.28 bits per heavy atom. The molecule has 0 amide bonds. The van der Waals surface area contributed by atoms with Crippen LogP contribution >= 0.6 is 11.6 Å². The molecule has 11 heteroatoms. The number of hydrogen-bond acceptors (Lipinski definition) is 5. The van der Waals surface area contributed by atoms with Gasteiger partial charge in [-0.2, -0.15) is 13.2 Å². The fourth-order valence-electron chi connectivity index (χ4n) is 2.77. The first-order chi connectivity index (χ1) is 13.5. The van der Waals surface area contributed by atoms with Crippen molar-refractivity contribution >= 4 is 33.3 Å². The van der Waals surface area contributed by atoms with Crippen LogP contribution in [0.5, 0.6) is 5.75 Å². The van der Waals surface area contributed by atoms with E-state index in [0.717, 1.165) is 22.5 Å². The van der Waals surface area contributed by atoms with E-state index < -0.39 is 45.3 Å². The van der Waals surface area contributed by atoms with E-state index in [2.05, 4.69) is 0 Å². The van der Waals surface area contributed by atoms with E-state index in [1.54, 1.807) is 6.92 Å². The largest absolute Gasteiger partial charge is 0.475 e. The number of rotatable bonds is 4. The molecule has 0 radical (unpaired) electrons. The molecular formula is C18H15ClF3NO5S. The van der Waals surface area contributed by atoms with Gasteiger partial charge in [0.1, 0.15) is 5.75 Å². The quantitative estimate of drug-likeness (QED) is 0.662. The lowest BCUT2D eigenvalue weighted by atomic mass is 10.2. The molecule has 1 aliphatic rings. The molecule has 6 nitrogen and oxygen atoms in total. The highest BCUT2D eigenvalue weighted by atomic mass is 35.5. The highest BCUT2D eigenvalue weighted by Gasteiger charge is 2.39. The van der Waals surface area contributed by atoms with Crippen molar-refractivity contribution in [2.24, 2.45) is 0 Å². The summed E-state index contributed by atoms with van der Waals surface area (Å²) in [5.41, 5.74) is -1.10. The van der Waals surface area contributed by atoms with Gasteiger partial charge in [0.15, 0.2) is 0 Å². The van der Waals surface area contributed by atoms with Gasteiger partial charge < -0.3 is 9.47 Å². The number of benzene rings is 2. The van der Waals surface area contributed by atoms with Crippen molar-refractivity contribution in [2.75, 3.05) is 17.5 Å². The monoisotopic (exact) mass is 449 g/mol. The second-order valence-electron chi connectivity index (χ2n) is 6.03. The van der Waals surface area contributed by atoms with Crippen LogP contribution in [0.2, 0.25) is 5.02 Å². The van der Waals surface area contributed by atoms with Crippen LogP contribution in [0, 0.1) is 0 Å². The molecule has 0 fully saturated rings. The second kappa shape index (κ2) is 7.75. The first kappa shape index (κ1) is 21.3. The molecule has 0 aliphatic carbocycles. The predicted octanol–water partition coefficient (Wildman–Crippen LogP) is 3.88. The molecule has 29 heavy (non-hydrogen) atoms. The van der Waals surface area contributed by atoms with Gasteiger partial charge in [0, 0.05) is 5.02 Å². The van der Waals surface area contributed by atoms with Crippen LogP contribution in [0.15, 0.2) is 47.4 Å². The summed E-state index contributed by atoms with van der Waals surface area (Å²) in [5, 5.41) is 0.186. The summed E-state index contributed by atoms with van der Waals surface area (Å²) in [7, 11) is -4.47. The fourth-order valence-corrected chi connectivity index (χ4v) is 4.45. The lowest BCUT2D eigenvalue weighted by Gasteiger charge is -2.34. The van der Waals surface area contributed by atoms with Gasteiger partial charge in [-0.3, -0.25) is 4.31 Å². The minimum absolute atomic E-state index is 0.00969. The lowest BCUT2D eigenvalue weighted by molar-refractivity contribution is -0.151. The third-order valence-corrected chi connectivity index (χ3v) is 6.10. The zero-order valence-corrected chi connectivity index (χ0v) is 16.5. The van der Waals surface area contributed by atoms with Gasteiger partial charge in [-0.15, -0.1) is 0 Å². The third-order valence-electron chi connectivity index (χ3n) is 4.09. The van der Waals surface area contributed by atoms with Crippen LogP contribution in [-0.2, 0) is 25.7 Å². The number of fused-ring (bicyclic) bond motifs is 1. The molecule has 0 saturated heterocycles. The normalized spacial score (nSPS) is 16.7. The molecule has 1 atom stereocenters. The van der Waals surface area contributed by atoms with Gasteiger partial charge in [-0.25, -0.2) is 13.2 Å². The fraction of sp³-hybridized carbons (Fsp3) is 0.278. The maximum absolute atomic E-state index is 13.2. The molecule has 0 spiro atoms. The number of ether oxygens (including phenoxy) is 2. The molecule has 2 aromatic carbocycles. The molecular weight excluding hydrogens is 435 g/mol. The maximum atomic E-state index is 13.2. The van der Waals surface area contributed by atoms with Crippen molar-refractivity contribution in [3.8, 4) is 5.75 Å². The molecule has 0 unspecified atom stereocenters. The van der Waals surface area contributed by atoms with E-state index >= 15 is 0 Å². The van der Waals surface area contributed by atoms with E-state index in [1.165, 1.54) is 18.2 Å². The Morgan fingerprint density at radius 2 is 2.00 bits per heavy atom. The summed E-state index contributed by atoms with van der Waals surface area (Å²) in [6.45, 7) is 1.14. The van der Waals surface area contributed by atoms with Crippen molar-refractivity contribution in [1.29, 1.82) is 0 Å². The SMILES string of the molecule is CCOC(=O)[C@H]1CN(S(=O)(=O)c2cccc(C(F)(F)F)c2)c2cc(Cl)ccc2O1.